The lowest BCUT2D eigenvalue weighted by Crippen LogP contribution is -2.54. The van der Waals surface area contributed by atoms with Gasteiger partial charge in [-0.25, -0.2) is 9.59 Å². The lowest BCUT2D eigenvalue weighted by Gasteiger charge is -2.31. The first kappa shape index (κ1) is 19.3. The molecule has 0 radical (unpaired) electrons. The Bertz CT molecular complexity index is 458. The van der Waals surface area contributed by atoms with Crippen molar-refractivity contribution in [1.29, 1.82) is 0 Å². The molecule has 2 N–H and O–H groups in total. The molecular weight excluding hydrogens is 300 g/mol. The first-order chi connectivity index (χ1) is 10.6. The SMILES string of the molecule is CC[C@H](C)[C@H](NC(=O)OC(C)(C)C)C(=O)N1CCC[C@H]1C(=O)O. The van der Waals surface area contributed by atoms with Gasteiger partial charge in [-0.2, -0.15) is 0 Å². The van der Waals surface area contributed by atoms with Gasteiger partial charge in [0, 0.05) is 6.54 Å². The third kappa shape index (κ3) is 5.41. The van der Waals surface area contributed by atoms with Crippen LogP contribution in [0.25, 0.3) is 0 Å². The van der Waals surface area contributed by atoms with Crippen LogP contribution >= 0.6 is 0 Å². The van der Waals surface area contributed by atoms with E-state index in [4.69, 9.17) is 4.74 Å². The van der Waals surface area contributed by atoms with E-state index >= 15 is 0 Å². The van der Waals surface area contributed by atoms with E-state index in [0.29, 0.717) is 25.8 Å². The third-order valence-corrected chi connectivity index (χ3v) is 3.97. The van der Waals surface area contributed by atoms with Gasteiger partial charge in [0.15, 0.2) is 0 Å². The van der Waals surface area contributed by atoms with Crippen LogP contribution in [-0.4, -0.2) is 52.2 Å². The summed E-state index contributed by atoms with van der Waals surface area (Å²) in [5.74, 6) is -1.48. The smallest absolute Gasteiger partial charge is 0.408 e. The number of ether oxygens (including phenoxy) is 1. The molecule has 0 aliphatic carbocycles. The van der Waals surface area contributed by atoms with Crippen molar-refractivity contribution >= 4 is 18.0 Å². The number of hydrogen-bond acceptors (Lipinski definition) is 4. The number of carboxylic acids is 1. The first-order valence-electron chi connectivity index (χ1n) is 8.09. The Morgan fingerprint density at radius 2 is 1.96 bits per heavy atom. The van der Waals surface area contributed by atoms with Crippen molar-refractivity contribution in [3.8, 4) is 0 Å². The zero-order valence-corrected chi connectivity index (χ0v) is 14.6. The van der Waals surface area contributed by atoms with Crippen molar-refractivity contribution in [1.82, 2.24) is 10.2 Å². The molecule has 7 nitrogen and oxygen atoms in total. The highest BCUT2D eigenvalue weighted by Crippen LogP contribution is 2.21. The average Bonchev–Trinajstić information content (AvgIpc) is 2.90. The highest BCUT2D eigenvalue weighted by atomic mass is 16.6. The van der Waals surface area contributed by atoms with Crippen LogP contribution in [0, 0.1) is 5.92 Å². The quantitative estimate of drug-likeness (QED) is 0.805. The van der Waals surface area contributed by atoms with E-state index in [-0.39, 0.29) is 11.8 Å². The zero-order valence-electron chi connectivity index (χ0n) is 14.6. The van der Waals surface area contributed by atoms with Gasteiger partial charge in [0.05, 0.1) is 0 Å². The molecule has 0 bridgehead atoms. The van der Waals surface area contributed by atoms with Gasteiger partial charge in [-0.05, 0) is 39.5 Å². The van der Waals surface area contributed by atoms with Gasteiger partial charge in [-0.1, -0.05) is 20.3 Å². The number of carbonyl (C=O) groups is 3. The number of alkyl carbamates (subject to hydrolysis) is 1. The minimum atomic E-state index is -1.00. The van der Waals surface area contributed by atoms with E-state index < -0.39 is 29.7 Å². The minimum Gasteiger partial charge on any atom is -0.480 e. The Morgan fingerprint density at radius 3 is 2.43 bits per heavy atom. The van der Waals surface area contributed by atoms with Gasteiger partial charge in [0.25, 0.3) is 0 Å². The van der Waals surface area contributed by atoms with Crippen LogP contribution in [0.5, 0.6) is 0 Å². The predicted molar refractivity (Wildman–Crippen MR) is 85.0 cm³/mol. The zero-order chi connectivity index (χ0) is 17.8. The van der Waals surface area contributed by atoms with Crippen LogP contribution in [0.15, 0.2) is 0 Å². The second-order valence-electron chi connectivity index (χ2n) is 7.04. The van der Waals surface area contributed by atoms with Crippen LogP contribution in [-0.2, 0) is 14.3 Å². The van der Waals surface area contributed by atoms with E-state index in [1.54, 1.807) is 20.8 Å². The van der Waals surface area contributed by atoms with E-state index in [2.05, 4.69) is 5.32 Å². The van der Waals surface area contributed by atoms with Gasteiger partial charge in [0.2, 0.25) is 5.91 Å². The minimum absolute atomic E-state index is 0.120. The highest BCUT2D eigenvalue weighted by Gasteiger charge is 2.39. The first-order valence-corrected chi connectivity index (χ1v) is 8.09. The summed E-state index contributed by atoms with van der Waals surface area (Å²) in [6.07, 6.45) is 1.11. The molecule has 132 valence electrons. The van der Waals surface area contributed by atoms with E-state index in [9.17, 15) is 19.5 Å². The molecule has 0 spiro atoms. The van der Waals surface area contributed by atoms with E-state index in [1.807, 2.05) is 13.8 Å². The lowest BCUT2D eigenvalue weighted by atomic mass is 9.97. The maximum Gasteiger partial charge on any atom is 0.408 e. The largest absolute Gasteiger partial charge is 0.480 e. The Kier molecular flexibility index (Phi) is 6.41. The molecule has 0 aromatic heterocycles. The number of carbonyl (C=O) groups excluding carboxylic acids is 2. The molecule has 3 atom stereocenters. The lowest BCUT2D eigenvalue weighted by molar-refractivity contribution is -0.149. The molecular formula is C16H28N2O5. The maximum absolute atomic E-state index is 12.8. The van der Waals surface area contributed by atoms with Gasteiger partial charge < -0.3 is 20.1 Å². The number of aliphatic carboxylic acids is 1. The van der Waals surface area contributed by atoms with E-state index in [0.717, 1.165) is 0 Å². The summed E-state index contributed by atoms with van der Waals surface area (Å²) in [6.45, 7) is 9.40. The van der Waals surface area contributed by atoms with Crippen LogP contribution in [0.4, 0.5) is 4.79 Å². The molecule has 7 heteroatoms. The summed E-state index contributed by atoms with van der Waals surface area (Å²) in [7, 11) is 0. The number of nitrogens with zero attached hydrogens (tertiary/aromatic N) is 1. The maximum atomic E-state index is 12.8. The molecule has 2 amide bonds. The number of nitrogens with one attached hydrogen (secondary N) is 1. The summed E-state index contributed by atoms with van der Waals surface area (Å²) >= 11 is 0. The average molecular weight is 328 g/mol. The van der Waals surface area contributed by atoms with Crippen LogP contribution < -0.4 is 5.32 Å². The standard InChI is InChI=1S/C16H28N2O5/c1-6-10(2)12(17-15(22)23-16(3,4)5)13(19)18-9-7-8-11(18)14(20)21/h10-12H,6-9H2,1-5H3,(H,17,22)(H,20,21)/t10-,11-,12-/m0/s1. The van der Waals surface area contributed by atoms with Crippen molar-refractivity contribution in [2.24, 2.45) is 5.92 Å². The van der Waals surface area contributed by atoms with Gasteiger partial charge in [-0.15, -0.1) is 0 Å². The molecule has 0 unspecified atom stereocenters. The topological polar surface area (TPSA) is 95.9 Å². The number of amides is 2. The third-order valence-electron chi connectivity index (χ3n) is 3.97. The number of rotatable bonds is 5. The monoisotopic (exact) mass is 328 g/mol. The van der Waals surface area contributed by atoms with Gasteiger partial charge >= 0.3 is 12.1 Å². The van der Waals surface area contributed by atoms with Crippen molar-refractivity contribution in [2.45, 2.75) is 71.6 Å². The molecule has 1 aliphatic heterocycles. The van der Waals surface area contributed by atoms with Crippen LogP contribution in [0.1, 0.15) is 53.9 Å². The van der Waals surface area contributed by atoms with Crippen molar-refractivity contribution in [3.63, 3.8) is 0 Å². The van der Waals surface area contributed by atoms with Crippen molar-refractivity contribution < 1.29 is 24.2 Å². The molecule has 1 heterocycles. The molecule has 0 aromatic rings. The normalized spacial score (nSPS) is 20.7. The molecule has 1 rings (SSSR count). The fraction of sp³-hybridized carbons (Fsp3) is 0.812. The molecule has 1 saturated heterocycles. The molecule has 1 fully saturated rings. The van der Waals surface area contributed by atoms with Gasteiger partial charge in [0.1, 0.15) is 17.7 Å². The molecule has 0 saturated carbocycles. The second-order valence-corrected chi connectivity index (χ2v) is 7.04. The molecule has 0 aromatic carbocycles. The van der Waals surface area contributed by atoms with E-state index in [1.165, 1.54) is 4.90 Å². The Balaban J connectivity index is 2.87. The van der Waals surface area contributed by atoms with Crippen LogP contribution in [0.2, 0.25) is 0 Å². The Hall–Kier alpha value is -1.79. The summed E-state index contributed by atoms with van der Waals surface area (Å²) in [5, 5.41) is 11.9. The molecule has 23 heavy (non-hydrogen) atoms. The Labute approximate surface area is 137 Å². The fourth-order valence-electron chi connectivity index (χ4n) is 2.58. The summed E-state index contributed by atoms with van der Waals surface area (Å²) in [5.41, 5.74) is -0.662. The highest BCUT2D eigenvalue weighted by molar-refractivity contribution is 5.90. The number of likely N-dealkylation sites (tertiary alicyclic amines) is 1. The summed E-state index contributed by atoms with van der Waals surface area (Å²) in [6, 6.07) is -1.59. The van der Waals surface area contributed by atoms with Crippen LogP contribution in [0.3, 0.4) is 0 Å². The van der Waals surface area contributed by atoms with Gasteiger partial charge in [-0.3, -0.25) is 4.79 Å². The Morgan fingerprint density at radius 1 is 1.35 bits per heavy atom. The fourth-order valence-corrected chi connectivity index (χ4v) is 2.58. The van der Waals surface area contributed by atoms with Crippen molar-refractivity contribution in [3.05, 3.63) is 0 Å². The number of carboxylic acid groups (broad SMARTS) is 1. The summed E-state index contributed by atoms with van der Waals surface area (Å²) < 4.78 is 5.21. The number of hydrogen-bond donors (Lipinski definition) is 2. The van der Waals surface area contributed by atoms with Crippen molar-refractivity contribution in [2.75, 3.05) is 6.54 Å². The summed E-state index contributed by atoms with van der Waals surface area (Å²) in [4.78, 5) is 37.4. The second kappa shape index (κ2) is 7.66. The predicted octanol–water partition coefficient (Wildman–Crippen LogP) is 2.00. The molecule has 1 aliphatic rings.